The predicted molar refractivity (Wildman–Crippen MR) is 71.5 cm³/mol. The zero-order chi connectivity index (χ0) is 9.38. The van der Waals surface area contributed by atoms with Gasteiger partial charge >= 0.3 is 0 Å². The van der Waals surface area contributed by atoms with Crippen molar-refractivity contribution in [3.63, 3.8) is 0 Å². The first-order valence-corrected chi connectivity index (χ1v) is 5.43. The average Bonchev–Trinajstić information content (AvgIpc) is 2.81. The van der Waals surface area contributed by atoms with Gasteiger partial charge in [-0.05, 0) is 12.0 Å². The molecule has 0 radical (unpaired) electrons. The molecule has 4 heteroatoms. The number of rotatable bonds is 2. The molecule has 2 saturated heterocycles. The maximum atomic E-state index is 3.53. The van der Waals surface area contributed by atoms with Crippen molar-refractivity contribution in [2.24, 2.45) is 0 Å². The van der Waals surface area contributed by atoms with Gasteiger partial charge in [0.2, 0.25) is 0 Å². The maximum Gasteiger partial charge on any atom is 0.0240 e. The number of hydrogen-bond donors (Lipinski definition) is 1. The van der Waals surface area contributed by atoms with Gasteiger partial charge in [-0.1, -0.05) is 30.3 Å². The fourth-order valence-corrected chi connectivity index (χ4v) is 2.66. The predicted octanol–water partition coefficient (Wildman–Crippen LogP) is 2.08. The van der Waals surface area contributed by atoms with E-state index in [4.69, 9.17) is 0 Å². The summed E-state index contributed by atoms with van der Waals surface area (Å²) >= 11 is 0. The van der Waals surface area contributed by atoms with E-state index in [2.05, 4.69) is 40.5 Å². The van der Waals surface area contributed by atoms with Crippen molar-refractivity contribution in [2.75, 3.05) is 13.1 Å². The Bertz CT molecular complexity index is 318. The Kier molecular flexibility index (Phi) is 5.06. The van der Waals surface area contributed by atoms with Crippen molar-refractivity contribution in [3.05, 3.63) is 35.9 Å². The fraction of sp³-hybridized carbons (Fsp3) is 0.500. The van der Waals surface area contributed by atoms with E-state index < -0.39 is 0 Å². The summed E-state index contributed by atoms with van der Waals surface area (Å²) in [5.41, 5.74) is 1.44. The number of fused-ring (bicyclic) bond motifs is 2. The first kappa shape index (κ1) is 13.8. The Morgan fingerprint density at radius 2 is 1.94 bits per heavy atom. The van der Waals surface area contributed by atoms with E-state index in [0.717, 1.165) is 18.6 Å². The summed E-state index contributed by atoms with van der Waals surface area (Å²) in [6.45, 7) is 3.56. The normalized spacial score (nSPS) is 27.2. The molecule has 2 heterocycles. The average molecular weight is 261 g/mol. The van der Waals surface area contributed by atoms with Crippen LogP contribution in [-0.2, 0) is 6.54 Å². The summed E-state index contributed by atoms with van der Waals surface area (Å²) in [6, 6.07) is 12.3. The van der Waals surface area contributed by atoms with E-state index in [1.54, 1.807) is 0 Å². The maximum absolute atomic E-state index is 3.53. The van der Waals surface area contributed by atoms with E-state index in [-0.39, 0.29) is 24.8 Å². The third-order valence-corrected chi connectivity index (χ3v) is 3.40. The van der Waals surface area contributed by atoms with Crippen molar-refractivity contribution >= 4 is 24.8 Å². The summed E-state index contributed by atoms with van der Waals surface area (Å²) < 4.78 is 0. The quantitative estimate of drug-likeness (QED) is 0.876. The highest BCUT2D eigenvalue weighted by Crippen LogP contribution is 2.24. The lowest BCUT2D eigenvalue weighted by Crippen LogP contribution is -2.42. The summed E-state index contributed by atoms with van der Waals surface area (Å²) in [4.78, 5) is 2.61. The van der Waals surface area contributed by atoms with Crippen LogP contribution in [0.5, 0.6) is 0 Å². The third kappa shape index (κ3) is 2.69. The molecular weight excluding hydrogens is 243 g/mol. The van der Waals surface area contributed by atoms with Crippen LogP contribution in [-0.4, -0.2) is 30.1 Å². The lowest BCUT2D eigenvalue weighted by Gasteiger charge is -2.27. The van der Waals surface area contributed by atoms with Gasteiger partial charge in [-0.25, -0.2) is 0 Å². The lowest BCUT2D eigenvalue weighted by molar-refractivity contribution is 0.218. The monoisotopic (exact) mass is 260 g/mol. The Labute approximate surface area is 109 Å². The molecule has 2 aliphatic rings. The SMILES string of the molecule is Cl.Cl.c1ccc(CN2C[C@H]3C[C@@H]2CN3)cc1. The van der Waals surface area contributed by atoms with Crippen molar-refractivity contribution in [2.45, 2.75) is 25.0 Å². The second-order valence-corrected chi connectivity index (χ2v) is 4.41. The molecule has 0 aromatic heterocycles. The van der Waals surface area contributed by atoms with Crippen molar-refractivity contribution in [1.29, 1.82) is 0 Å². The van der Waals surface area contributed by atoms with Gasteiger partial charge in [-0.3, -0.25) is 4.90 Å². The van der Waals surface area contributed by atoms with E-state index in [1.807, 2.05) is 0 Å². The molecule has 2 nitrogen and oxygen atoms in total. The standard InChI is InChI=1S/C12H16N2.2ClH/c1-2-4-10(5-3-1)8-14-9-11-6-12(14)7-13-11;;/h1-5,11-13H,6-9H2;2*1H/t11-,12-;;/m1../s1. The van der Waals surface area contributed by atoms with Crippen LogP contribution < -0.4 is 5.32 Å². The highest BCUT2D eigenvalue weighted by Gasteiger charge is 2.36. The van der Waals surface area contributed by atoms with Gasteiger partial charge in [0, 0.05) is 31.7 Å². The summed E-state index contributed by atoms with van der Waals surface area (Å²) in [5.74, 6) is 0. The van der Waals surface area contributed by atoms with Crippen LogP contribution in [0.1, 0.15) is 12.0 Å². The molecule has 1 aromatic rings. The summed E-state index contributed by atoms with van der Waals surface area (Å²) in [6.07, 6.45) is 1.35. The number of piperazine rings is 1. The molecule has 16 heavy (non-hydrogen) atoms. The van der Waals surface area contributed by atoms with Crippen LogP contribution in [0.3, 0.4) is 0 Å². The van der Waals surface area contributed by atoms with Crippen LogP contribution in [0.2, 0.25) is 0 Å². The van der Waals surface area contributed by atoms with Crippen molar-refractivity contribution in [3.8, 4) is 0 Å². The minimum atomic E-state index is 0. The van der Waals surface area contributed by atoms with Crippen LogP contribution in [0, 0.1) is 0 Å². The Morgan fingerprint density at radius 1 is 1.19 bits per heavy atom. The zero-order valence-electron chi connectivity index (χ0n) is 9.13. The van der Waals surface area contributed by atoms with Gasteiger partial charge in [0.1, 0.15) is 0 Å². The highest BCUT2D eigenvalue weighted by molar-refractivity contribution is 5.85. The van der Waals surface area contributed by atoms with Crippen molar-refractivity contribution in [1.82, 2.24) is 10.2 Å². The first-order valence-electron chi connectivity index (χ1n) is 5.43. The number of nitrogens with one attached hydrogen (secondary N) is 1. The third-order valence-electron chi connectivity index (χ3n) is 3.40. The topological polar surface area (TPSA) is 15.3 Å². The van der Waals surface area contributed by atoms with Gasteiger partial charge in [0.05, 0.1) is 0 Å². The molecule has 90 valence electrons. The Hall–Kier alpha value is -0.280. The van der Waals surface area contributed by atoms with E-state index >= 15 is 0 Å². The van der Waals surface area contributed by atoms with Crippen LogP contribution in [0.15, 0.2) is 30.3 Å². The molecule has 3 rings (SSSR count). The van der Waals surface area contributed by atoms with Gasteiger partial charge < -0.3 is 5.32 Å². The van der Waals surface area contributed by atoms with Crippen molar-refractivity contribution < 1.29 is 0 Å². The molecule has 0 unspecified atom stereocenters. The number of halogens is 2. The molecule has 0 amide bonds. The highest BCUT2D eigenvalue weighted by atomic mass is 35.5. The summed E-state index contributed by atoms with van der Waals surface area (Å²) in [7, 11) is 0. The van der Waals surface area contributed by atoms with Gasteiger partial charge in [-0.15, -0.1) is 24.8 Å². The largest absolute Gasteiger partial charge is 0.311 e. The molecule has 0 spiro atoms. The molecule has 1 aromatic carbocycles. The van der Waals surface area contributed by atoms with Gasteiger partial charge in [-0.2, -0.15) is 0 Å². The molecular formula is C12H18Cl2N2. The second-order valence-electron chi connectivity index (χ2n) is 4.41. The van der Waals surface area contributed by atoms with Crippen LogP contribution >= 0.6 is 24.8 Å². The zero-order valence-corrected chi connectivity index (χ0v) is 10.8. The van der Waals surface area contributed by atoms with E-state index in [1.165, 1.54) is 25.1 Å². The van der Waals surface area contributed by atoms with Crippen LogP contribution in [0.25, 0.3) is 0 Å². The molecule has 0 saturated carbocycles. The Morgan fingerprint density at radius 3 is 2.50 bits per heavy atom. The number of likely N-dealkylation sites (tertiary alicyclic amines) is 1. The van der Waals surface area contributed by atoms with Gasteiger partial charge in [0.15, 0.2) is 0 Å². The fourth-order valence-electron chi connectivity index (χ4n) is 2.66. The molecule has 2 bridgehead atoms. The number of hydrogen-bond acceptors (Lipinski definition) is 2. The number of nitrogens with zero attached hydrogens (tertiary/aromatic N) is 1. The minimum absolute atomic E-state index is 0. The molecule has 0 aliphatic carbocycles. The number of benzene rings is 1. The molecule has 2 atom stereocenters. The lowest BCUT2D eigenvalue weighted by atomic mass is 10.2. The summed E-state index contributed by atoms with van der Waals surface area (Å²) in [5, 5.41) is 3.53. The molecule has 2 fully saturated rings. The van der Waals surface area contributed by atoms with E-state index in [0.29, 0.717) is 0 Å². The van der Waals surface area contributed by atoms with Gasteiger partial charge in [0.25, 0.3) is 0 Å². The van der Waals surface area contributed by atoms with Crippen LogP contribution in [0.4, 0.5) is 0 Å². The minimum Gasteiger partial charge on any atom is -0.311 e. The smallest absolute Gasteiger partial charge is 0.0240 e. The second kappa shape index (κ2) is 5.87. The molecule has 1 N–H and O–H groups in total. The van der Waals surface area contributed by atoms with E-state index in [9.17, 15) is 0 Å². The first-order chi connectivity index (χ1) is 6.92. The molecule has 2 aliphatic heterocycles. The Balaban J connectivity index is 0.000000640.